The number of rotatable bonds is 11. The zero-order valence-corrected chi connectivity index (χ0v) is 13.4. The van der Waals surface area contributed by atoms with Crippen LogP contribution in [0.1, 0.15) is 76.7 Å². The van der Waals surface area contributed by atoms with Gasteiger partial charge in [-0.05, 0) is 24.5 Å². The third-order valence-corrected chi connectivity index (χ3v) is 3.99. The molecule has 1 N–H and O–H groups in total. The lowest BCUT2D eigenvalue weighted by Gasteiger charge is -2.03. The predicted molar refractivity (Wildman–Crippen MR) is 89.9 cm³/mol. The molecule has 0 fully saturated rings. The molecule has 1 aromatic rings. The van der Waals surface area contributed by atoms with Crippen molar-refractivity contribution in [3.05, 3.63) is 40.1 Å². The summed E-state index contributed by atoms with van der Waals surface area (Å²) >= 11 is 0. The minimum absolute atomic E-state index is 0.0732. The van der Waals surface area contributed by atoms with E-state index >= 15 is 0 Å². The van der Waals surface area contributed by atoms with Gasteiger partial charge in [0.1, 0.15) is 0 Å². The van der Waals surface area contributed by atoms with Gasteiger partial charge in [-0.1, -0.05) is 82.9 Å². The molecule has 21 heavy (non-hydrogen) atoms. The number of aromatic hydroxyl groups is 1. The second-order valence-corrected chi connectivity index (χ2v) is 5.89. The molecule has 0 bridgehead atoms. The van der Waals surface area contributed by atoms with Crippen LogP contribution in [0.15, 0.2) is 29.1 Å². The van der Waals surface area contributed by atoms with Crippen molar-refractivity contribution in [1.29, 1.82) is 0 Å². The molecule has 0 atom stereocenters. The summed E-state index contributed by atoms with van der Waals surface area (Å²) < 4.78 is 0. The highest BCUT2D eigenvalue weighted by Crippen LogP contribution is 2.15. The molecule has 0 saturated heterocycles. The van der Waals surface area contributed by atoms with Crippen LogP contribution in [0.2, 0.25) is 0 Å². The smallest absolute Gasteiger partial charge is 0.220 e. The molecule has 0 radical (unpaired) electrons. The fraction of sp³-hybridized carbons (Fsp3) is 0.632. The number of hydrogen-bond donors (Lipinski definition) is 1. The van der Waals surface area contributed by atoms with E-state index in [4.69, 9.17) is 0 Å². The maximum atomic E-state index is 11.5. The zero-order valence-electron chi connectivity index (χ0n) is 13.4. The average molecular weight is 290 g/mol. The van der Waals surface area contributed by atoms with Crippen molar-refractivity contribution in [2.75, 3.05) is 0 Å². The first-order valence-electron chi connectivity index (χ1n) is 8.57. The lowest BCUT2D eigenvalue weighted by atomic mass is 10.0. The molecule has 0 unspecified atom stereocenters. The largest absolute Gasteiger partial charge is 0.504 e. The maximum Gasteiger partial charge on any atom is 0.220 e. The fourth-order valence-electron chi connectivity index (χ4n) is 2.64. The summed E-state index contributed by atoms with van der Waals surface area (Å²) in [6, 6.07) is 6.78. The van der Waals surface area contributed by atoms with E-state index in [9.17, 15) is 9.90 Å². The second-order valence-electron chi connectivity index (χ2n) is 5.89. The van der Waals surface area contributed by atoms with Crippen molar-refractivity contribution in [3.8, 4) is 5.75 Å². The van der Waals surface area contributed by atoms with Crippen LogP contribution >= 0.6 is 0 Å². The van der Waals surface area contributed by atoms with Crippen LogP contribution in [-0.2, 0) is 6.42 Å². The maximum absolute atomic E-state index is 11.5. The van der Waals surface area contributed by atoms with Gasteiger partial charge >= 0.3 is 0 Å². The molecular formula is C19H30O2. The minimum Gasteiger partial charge on any atom is -0.504 e. The second kappa shape index (κ2) is 11.4. The van der Waals surface area contributed by atoms with E-state index in [0.717, 1.165) is 18.4 Å². The minimum atomic E-state index is -0.276. The first-order valence-corrected chi connectivity index (χ1v) is 8.57. The molecule has 0 aliphatic heterocycles. The van der Waals surface area contributed by atoms with Crippen LogP contribution in [0.4, 0.5) is 0 Å². The third-order valence-electron chi connectivity index (χ3n) is 3.99. The van der Waals surface area contributed by atoms with Crippen LogP contribution in [0.25, 0.3) is 0 Å². The summed E-state index contributed by atoms with van der Waals surface area (Å²) in [5.74, 6) is -0.0732. The molecule has 2 nitrogen and oxygen atoms in total. The Bertz CT molecular complexity index is 440. The van der Waals surface area contributed by atoms with E-state index < -0.39 is 0 Å². The highest BCUT2D eigenvalue weighted by molar-refractivity contribution is 5.30. The zero-order chi connectivity index (χ0) is 15.3. The summed E-state index contributed by atoms with van der Waals surface area (Å²) in [4.78, 5) is 11.5. The van der Waals surface area contributed by atoms with E-state index in [1.165, 1.54) is 63.9 Å². The molecule has 1 aromatic carbocycles. The highest BCUT2D eigenvalue weighted by Gasteiger charge is 2.02. The molecule has 118 valence electrons. The Hall–Kier alpha value is -1.31. The molecule has 0 aliphatic rings. The lowest BCUT2D eigenvalue weighted by Crippen LogP contribution is -1.97. The van der Waals surface area contributed by atoms with Crippen molar-refractivity contribution < 1.29 is 5.11 Å². The molecule has 0 aliphatic carbocycles. The summed E-state index contributed by atoms with van der Waals surface area (Å²) in [6.07, 6.45) is 13.8. The van der Waals surface area contributed by atoms with Gasteiger partial charge in [-0.2, -0.15) is 0 Å². The molecule has 0 amide bonds. The van der Waals surface area contributed by atoms with Crippen molar-refractivity contribution in [1.82, 2.24) is 0 Å². The standard InChI is InChI=1S/C19H30O2/c1-2-3-4-5-6-7-8-9-10-11-14-17-15-12-13-16-18(20)19(17)21/h12-13,15-16H,2-11,14H2,1H3,(H,20,21). The predicted octanol–water partition coefficient (Wildman–Crippen LogP) is 5.22. The van der Waals surface area contributed by atoms with Crippen LogP contribution < -0.4 is 5.43 Å². The molecular weight excluding hydrogens is 260 g/mol. The first-order chi connectivity index (χ1) is 10.3. The van der Waals surface area contributed by atoms with E-state index in [1.54, 1.807) is 6.07 Å². The summed E-state index contributed by atoms with van der Waals surface area (Å²) in [5.41, 5.74) is 0.506. The first kappa shape index (κ1) is 17.7. The van der Waals surface area contributed by atoms with Gasteiger partial charge in [-0.25, -0.2) is 0 Å². The third kappa shape index (κ3) is 7.89. The Labute approximate surface area is 129 Å². The van der Waals surface area contributed by atoms with Crippen LogP contribution in [0.3, 0.4) is 0 Å². The molecule has 1 rings (SSSR count). The van der Waals surface area contributed by atoms with Crippen LogP contribution in [-0.4, -0.2) is 5.11 Å². The number of unbranched alkanes of at least 4 members (excludes halogenated alkanes) is 9. The van der Waals surface area contributed by atoms with Gasteiger partial charge in [0.2, 0.25) is 5.43 Å². The van der Waals surface area contributed by atoms with Crippen LogP contribution in [0.5, 0.6) is 5.75 Å². The Morgan fingerprint density at radius 1 is 0.810 bits per heavy atom. The Kier molecular flexibility index (Phi) is 9.60. The number of hydrogen-bond acceptors (Lipinski definition) is 2. The van der Waals surface area contributed by atoms with Gasteiger partial charge in [-0.15, -0.1) is 0 Å². The molecule has 0 saturated carbocycles. The van der Waals surface area contributed by atoms with Crippen molar-refractivity contribution in [3.63, 3.8) is 0 Å². The van der Waals surface area contributed by atoms with E-state index in [1.807, 2.05) is 12.1 Å². The van der Waals surface area contributed by atoms with Gasteiger partial charge in [0, 0.05) is 0 Å². The Morgan fingerprint density at radius 3 is 1.95 bits per heavy atom. The Morgan fingerprint density at radius 2 is 1.33 bits per heavy atom. The molecule has 2 heteroatoms. The van der Waals surface area contributed by atoms with E-state index in [2.05, 4.69) is 6.92 Å². The Balaban J connectivity index is 2.09. The normalized spacial score (nSPS) is 10.7. The average Bonchev–Trinajstić information content (AvgIpc) is 2.64. The van der Waals surface area contributed by atoms with Gasteiger partial charge in [0.05, 0.1) is 0 Å². The van der Waals surface area contributed by atoms with Crippen molar-refractivity contribution >= 4 is 0 Å². The summed E-state index contributed by atoms with van der Waals surface area (Å²) in [7, 11) is 0. The SMILES string of the molecule is CCCCCCCCCCCCc1ccccc(=O)c1O. The summed E-state index contributed by atoms with van der Waals surface area (Å²) in [5, 5.41) is 9.79. The molecule has 0 spiro atoms. The van der Waals surface area contributed by atoms with Crippen molar-refractivity contribution in [2.45, 2.75) is 77.6 Å². The topological polar surface area (TPSA) is 37.3 Å². The van der Waals surface area contributed by atoms with Gasteiger partial charge < -0.3 is 5.11 Å². The van der Waals surface area contributed by atoms with Crippen LogP contribution in [0, 0.1) is 0 Å². The highest BCUT2D eigenvalue weighted by atomic mass is 16.3. The van der Waals surface area contributed by atoms with E-state index in [-0.39, 0.29) is 11.2 Å². The van der Waals surface area contributed by atoms with Gasteiger partial charge in [0.25, 0.3) is 0 Å². The molecule has 0 aromatic heterocycles. The number of aryl methyl sites for hydroxylation is 1. The van der Waals surface area contributed by atoms with Gasteiger partial charge in [-0.3, -0.25) is 4.79 Å². The quantitative estimate of drug-likeness (QED) is 0.568. The molecule has 0 heterocycles. The monoisotopic (exact) mass is 290 g/mol. The summed E-state index contributed by atoms with van der Waals surface area (Å²) in [6.45, 7) is 2.25. The van der Waals surface area contributed by atoms with Gasteiger partial charge in [0.15, 0.2) is 5.75 Å². The van der Waals surface area contributed by atoms with E-state index in [0.29, 0.717) is 0 Å². The lowest BCUT2D eigenvalue weighted by molar-refractivity contribution is 0.461. The van der Waals surface area contributed by atoms with Crippen molar-refractivity contribution in [2.24, 2.45) is 0 Å². The fourth-order valence-corrected chi connectivity index (χ4v) is 2.64.